The van der Waals surface area contributed by atoms with E-state index in [9.17, 15) is 0 Å². The summed E-state index contributed by atoms with van der Waals surface area (Å²) in [4.78, 5) is 10.8. The van der Waals surface area contributed by atoms with Gasteiger partial charge in [-0.25, -0.2) is 9.97 Å². The Kier molecular flexibility index (Phi) is 4.93. The van der Waals surface area contributed by atoms with Crippen LogP contribution in [0, 0.1) is 0 Å². The molecule has 0 amide bonds. The number of ether oxygens (including phenoxy) is 1. The van der Waals surface area contributed by atoms with Gasteiger partial charge in [0.25, 0.3) is 0 Å². The molecule has 1 aliphatic heterocycles. The number of hydrogen-bond donors (Lipinski definition) is 2. The average molecular weight is 265 g/mol. The van der Waals surface area contributed by atoms with E-state index in [1.165, 1.54) is 0 Å². The van der Waals surface area contributed by atoms with Gasteiger partial charge in [-0.15, -0.1) is 0 Å². The van der Waals surface area contributed by atoms with Crippen molar-refractivity contribution in [2.24, 2.45) is 5.73 Å². The molecule has 0 saturated carbocycles. The second-order valence-corrected chi connectivity index (χ2v) is 5.07. The largest absolute Gasteiger partial charge is 0.381 e. The zero-order valence-electron chi connectivity index (χ0n) is 11.7. The van der Waals surface area contributed by atoms with Gasteiger partial charge in [-0.3, -0.25) is 0 Å². The fourth-order valence-corrected chi connectivity index (χ4v) is 2.16. The molecule has 1 atom stereocenters. The van der Waals surface area contributed by atoms with Gasteiger partial charge in [0.2, 0.25) is 0 Å². The van der Waals surface area contributed by atoms with E-state index in [4.69, 9.17) is 10.5 Å². The Labute approximate surface area is 114 Å². The van der Waals surface area contributed by atoms with Gasteiger partial charge in [0.15, 0.2) is 0 Å². The van der Waals surface area contributed by atoms with Gasteiger partial charge >= 0.3 is 0 Å². The van der Waals surface area contributed by atoms with Crippen LogP contribution in [0.25, 0.3) is 0 Å². The SMILES string of the molecule is CC(N)CNc1cc(N(C)C2CCOCC2)ncn1. The van der Waals surface area contributed by atoms with E-state index in [-0.39, 0.29) is 6.04 Å². The van der Waals surface area contributed by atoms with Crippen LogP contribution in [-0.4, -0.2) is 48.9 Å². The lowest BCUT2D eigenvalue weighted by molar-refractivity contribution is 0.0853. The first-order chi connectivity index (χ1) is 9.16. The molecule has 1 saturated heterocycles. The highest BCUT2D eigenvalue weighted by Gasteiger charge is 2.19. The van der Waals surface area contributed by atoms with Gasteiger partial charge in [-0.2, -0.15) is 0 Å². The van der Waals surface area contributed by atoms with Crippen LogP contribution >= 0.6 is 0 Å². The van der Waals surface area contributed by atoms with Crippen molar-refractivity contribution in [2.45, 2.75) is 31.8 Å². The van der Waals surface area contributed by atoms with Crippen molar-refractivity contribution in [3.63, 3.8) is 0 Å². The van der Waals surface area contributed by atoms with Crippen molar-refractivity contribution < 1.29 is 4.74 Å². The van der Waals surface area contributed by atoms with Crippen LogP contribution in [0.3, 0.4) is 0 Å². The Balaban J connectivity index is 2.00. The molecule has 0 bridgehead atoms. The molecule has 1 aromatic rings. The van der Waals surface area contributed by atoms with Crippen LogP contribution in [0.2, 0.25) is 0 Å². The molecule has 6 heteroatoms. The van der Waals surface area contributed by atoms with Crippen molar-refractivity contribution in [3.8, 4) is 0 Å². The van der Waals surface area contributed by atoms with Gasteiger partial charge in [-0.1, -0.05) is 0 Å². The fourth-order valence-electron chi connectivity index (χ4n) is 2.16. The molecule has 2 heterocycles. The van der Waals surface area contributed by atoms with Gasteiger partial charge in [0.1, 0.15) is 18.0 Å². The Morgan fingerprint density at radius 1 is 1.47 bits per heavy atom. The first kappa shape index (κ1) is 14.0. The van der Waals surface area contributed by atoms with Gasteiger partial charge in [-0.05, 0) is 19.8 Å². The molecule has 2 rings (SSSR count). The first-order valence-electron chi connectivity index (χ1n) is 6.79. The monoisotopic (exact) mass is 265 g/mol. The molecule has 0 spiro atoms. The molecular weight excluding hydrogens is 242 g/mol. The predicted octanol–water partition coefficient (Wildman–Crippen LogP) is 0.851. The van der Waals surface area contributed by atoms with Crippen LogP contribution in [-0.2, 0) is 4.74 Å². The Bertz CT molecular complexity index is 392. The number of nitrogens with one attached hydrogen (secondary N) is 1. The number of nitrogens with zero attached hydrogens (tertiary/aromatic N) is 3. The summed E-state index contributed by atoms with van der Waals surface area (Å²) in [5, 5.41) is 3.21. The van der Waals surface area contributed by atoms with Crippen LogP contribution in [0.4, 0.5) is 11.6 Å². The van der Waals surface area contributed by atoms with E-state index < -0.39 is 0 Å². The van der Waals surface area contributed by atoms with Crippen molar-refractivity contribution >= 4 is 11.6 Å². The first-order valence-corrected chi connectivity index (χ1v) is 6.79. The van der Waals surface area contributed by atoms with E-state index >= 15 is 0 Å². The van der Waals surface area contributed by atoms with E-state index in [2.05, 4.69) is 27.2 Å². The van der Waals surface area contributed by atoms with E-state index in [1.54, 1.807) is 6.33 Å². The summed E-state index contributed by atoms with van der Waals surface area (Å²) in [6, 6.07) is 2.56. The van der Waals surface area contributed by atoms with Crippen LogP contribution < -0.4 is 16.0 Å². The zero-order chi connectivity index (χ0) is 13.7. The molecule has 1 aromatic heterocycles. The maximum absolute atomic E-state index is 5.72. The Hall–Kier alpha value is -1.40. The maximum atomic E-state index is 5.72. The molecule has 0 radical (unpaired) electrons. The van der Waals surface area contributed by atoms with Gasteiger partial charge in [0, 0.05) is 45.0 Å². The van der Waals surface area contributed by atoms with Crippen LogP contribution in [0.15, 0.2) is 12.4 Å². The number of rotatable bonds is 5. The molecule has 3 N–H and O–H groups in total. The topological polar surface area (TPSA) is 76.3 Å². The normalized spacial score (nSPS) is 18.1. The maximum Gasteiger partial charge on any atom is 0.134 e. The molecule has 0 aliphatic carbocycles. The number of anilines is 2. The van der Waals surface area contributed by atoms with Gasteiger partial charge < -0.3 is 20.7 Å². The second-order valence-electron chi connectivity index (χ2n) is 5.07. The van der Waals surface area contributed by atoms with Crippen LogP contribution in [0.1, 0.15) is 19.8 Å². The van der Waals surface area contributed by atoms with Gasteiger partial charge in [0.05, 0.1) is 0 Å². The Morgan fingerprint density at radius 3 is 2.89 bits per heavy atom. The lowest BCUT2D eigenvalue weighted by Gasteiger charge is -2.32. The molecule has 0 aromatic carbocycles. The molecular formula is C13H23N5O. The fraction of sp³-hybridized carbons (Fsp3) is 0.692. The standard InChI is InChI=1S/C13H23N5O/c1-10(14)8-15-12-7-13(17-9-16-12)18(2)11-3-5-19-6-4-11/h7,9-11H,3-6,8,14H2,1-2H3,(H,15,16,17). The molecule has 1 unspecified atom stereocenters. The summed E-state index contributed by atoms with van der Waals surface area (Å²) in [5.41, 5.74) is 5.72. The summed E-state index contributed by atoms with van der Waals surface area (Å²) in [5.74, 6) is 1.76. The quantitative estimate of drug-likeness (QED) is 0.822. The highest BCUT2D eigenvalue weighted by Crippen LogP contribution is 2.20. The second kappa shape index (κ2) is 6.68. The summed E-state index contributed by atoms with van der Waals surface area (Å²) in [7, 11) is 2.08. The summed E-state index contributed by atoms with van der Waals surface area (Å²) >= 11 is 0. The summed E-state index contributed by atoms with van der Waals surface area (Å²) < 4.78 is 5.39. The highest BCUT2D eigenvalue weighted by atomic mass is 16.5. The average Bonchev–Trinajstić information content (AvgIpc) is 2.45. The van der Waals surface area contributed by atoms with Crippen LogP contribution in [0.5, 0.6) is 0 Å². The third kappa shape index (κ3) is 4.04. The minimum atomic E-state index is 0.103. The van der Waals surface area contributed by atoms with E-state index in [0.29, 0.717) is 12.6 Å². The Morgan fingerprint density at radius 2 is 2.21 bits per heavy atom. The minimum absolute atomic E-state index is 0.103. The molecule has 106 valence electrons. The highest BCUT2D eigenvalue weighted by molar-refractivity contribution is 5.48. The predicted molar refractivity (Wildman–Crippen MR) is 76.4 cm³/mol. The molecule has 1 aliphatic rings. The lowest BCUT2D eigenvalue weighted by atomic mass is 10.1. The third-order valence-corrected chi connectivity index (χ3v) is 3.36. The van der Waals surface area contributed by atoms with Crippen molar-refractivity contribution in [2.75, 3.05) is 37.0 Å². The number of hydrogen-bond acceptors (Lipinski definition) is 6. The van der Waals surface area contributed by atoms with E-state index in [0.717, 1.165) is 37.7 Å². The summed E-state index contributed by atoms with van der Waals surface area (Å²) in [6.45, 7) is 4.33. The number of aromatic nitrogens is 2. The molecule has 6 nitrogen and oxygen atoms in total. The van der Waals surface area contributed by atoms with E-state index in [1.807, 2.05) is 13.0 Å². The zero-order valence-corrected chi connectivity index (χ0v) is 11.7. The van der Waals surface area contributed by atoms with Crippen molar-refractivity contribution in [1.29, 1.82) is 0 Å². The smallest absolute Gasteiger partial charge is 0.134 e. The van der Waals surface area contributed by atoms with Crippen molar-refractivity contribution in [1.82, 2.24) is 9.97 Å². The lowest BCUT2D eigenvalue weighted by Crippen LogP contribution is -2.37. The molecule has 1 fully saturated rings. The van der Waals surface area contributed by atoms with Crippen molar-refractivity contribution in [3.05, 3.63) is 12.4 Å². The third-order valence-electron chi connectivity index (χ3n) is 3.36. The molecule has 19 heavy (non-hydrogen) atoms. The number of nitrogens with two attached hydrogens (primary N) is 1. The minimum Gasteiger partial charge on any atom is -0.381 e. The summed E-state index contributed by atoms with van der Waals surface area (Å²) in [6.07, 6.45) is 3.68.